The van der Waals surface area contributed by atoms with Crippen LogP contribution in [-0.4, -0.2) is 37.7 Å². The normalized spacial score (nSPS) is 13.3. The Morgan fingerprint density at radius 1 is 1.50 bits per heavy atom. The highest BCUT2D eigenvalue weighted by Gasteiger charge is 2.07. The highest BCUT2D eigenvalue weighted by Crippen LogP contribution is 1.97. The van der Waals surface area contributed by atoms with Crippen LogP contribution in [0.4, 0.5) is 0 Å². The van der Waals surface area contributed by atoms with E-state index < -0.39 is 6.10 Å². The highest BCUT2D eigenvalue weighted by atomic mass is 16.3. The summed E-state index contributed by atoms with van der Waals surface area (Å²) in [7, 11) is 0. The molecule has 0 aliphatic heterocycles. The molecule has 1 aromatic rings. The molecule has 5 nitrogen and oxygen atoms in total. The molecular weight excluding hydrogens is 158 g/mol. The maximum absolute atomic E-state index is 9.11. The van der Waals surface area contributed by atoms with Crippen LogP contribution < -0.4 is 0 Å². The van der Waals surface area contributed by atoms with Crippen molar-refractivity contribution in [1.82, 2.24) is 14.8 Å². The Kier molecular flexibility index (Phi) is 2.78. The van der Waals surface area contributed by atoms with Crippen LogP contribution in [0.15, 0.2) is 0 Å². The number of aryl methyl sites for hydroxylation is 2. The van der Waals surface area contributed by atoms with Gasteiger partial charge in [-0.2, -0.15) is 5.10 Å². The fourth-order valence-corrected chi connectivity index (χ4v) is 0.992. The summed E-state index contributed by atoms with van der Waals surface area (Å²) < 4.78 is 1.58. The van der Waals surface area contributed by atoms with Crippen molar-refractivity contribution in [3.8, 4) is 0 Å². The van der Waals surface area contributed by atoms with Gasteiger partial charge in [-0.15, -0.1) is 0 Å². The molecule has 12 heavy (non-hydrogen) atoms. The van der Waals surface area contributed by atoms with Crippen molar-refractivity contribution in [1.29, 1.82) is 0 Å². The Labute approximate surface area is 70.7 Å². The van der Waals surface area contributed by atoms with Crippen molar-refractivity contribution < 1.29 is 10.2 Å². The van der Waals surface area contributed by atoms with E-state index in [1.54, 1.807) is 11.6 Å². The number of aliphatic hydroxyl groups excluding tert-OH is 2. The zero-order valence-corrected chi connectivity index (χ0v) is 7.23. The monoisotopic (exact) mass is 171 g/mol. The van der Waals surface area contributed by atoms with Gasteiger partial charge in [0.2, 0.25) is 0 Å². The lowest BCUT2D eigenvalue weighted by atomic mass is 10.4. The maximum atomic E-state index is 9.11. The Bertz CT molecular complexity index is 259. The topological polar surface area (TPSA) is 71.2 Å². The van der Waals surface area contributed by atoms with E-state index in [1.807, 2.05) is 6.92 Å². The first-order valence-corrected chi connectivity index (χ1v) is 3.80. The van der Waals surface area contributed by atoms with Crippen LogP contribution in [0.5, 0.6) is 0 Å². The van der Waals surface area contributed by atoms with Crippen LogP contribution in [0.25, 0.3) is 0 Å². The van der Waals surface area contributed by atoms with Crippen LogP contribution in [0, 0.1) is 13.8 Å². The molecule has 1 rings (SSSR count). The van der Waals surface area contributed by atoms with E-state index in [0.29, 0.717) is 12.4 Å². The smallest absolute Gasteiger partial charge is 0.147 e. The Morgan fingerprint density at radius 2 is 2.17 bits per heavy atom. The lowest BCUT2D eigenvalue weighted by Crippen LogP contribution is -2.21. The summed E-state index contributed by atoms with van der Waals surface area (Å²) >= 11 is 0. The van der Waals surface area contributed by atoms with Crippen molar-refractivity contribution in [2.24, 2.45) is 0 Å². The van der Waals surface area contributed by atoms with Gasteiger partial charge in [0, 0.05) is 0 Å². The second-order valence-electron chi connectivity index (χ2n) is 2.72. The number of hydrogen-bond donors (Lipinski definition) is 2. The van der Waals surface area contributed by atoms with E-state index in [-0.39, 0.29) is 6.61 Å². The Balaban J connectivity index is 2.68. The number of hydrogen-bond acceptors (Lipinski definition) is 4. The van der Waals surface area contributed by atoms with Gasteiger partial charge in [-0.1, -0.05) is 0 Å². The molecule has 1 unspecified atom stereocenters. The quantitative estimate of drug-likeness (QED) is 0.627. The molecule has 1 aromatic heterocycles. The third kappa shape index (κ3) is 2.02. The van der Waals surface area contributed by atoms with Gasteiger partial charge in [-0.3, -0.25) is 0 Å². The third-order valence-electron chi connectivity index (χ3n) is 1.56. The predicted molar refractivity (Wildman–Crippen MR) is 42.6 cm³/mol. The maximum Gasteiger partial charge on any atom is 0.147 e. The number of aromatic nitrogens is 3. The summed E-state index contributed by atoms with van der Waals surface area (Å²) in [5.74, 6) is 1.43. The standard InChI is InChI=1S/C7H13N3O2/c1-5-8-6(2)10(9-5)3-7(12)4-11/h7,11-12H,3-4H2,1-2H3. The van der Waals surface area contributed by atoms with Gasteiger partial charge in [-0.25, -0.2) is 9.67 Å². The first kappa shape index (κ1) is 9.15. The number of rotatable bonds is 3. The molecule has 5 heteroatoms. The van der Waals surface area contributed by atoms with Crippen LogP contribution in [-0.2, 0) is 6.54 Å². The molecule has 1 atom stereocenters. The SMILES string of the molecule is Cc1nc(C)n(CC(O)CO)n1. The first-order chi connectivity index (χ1) is 5.63. The van der Waals surface area contributed by atoms with Crippen LogP contribution in [0.3, 0.4) is 0 Å². The second kappa shape index (κ2) is 3.64. The van der Waals surface area contributed by atoms with Crippen molar-refractivity contribution in [2.45, 2.75) is 26.5 Å². The van der Waals surface area contributed by atoms with Crippen LogP contribution in [0.2, 0.25) is 0 Å². The van der Waals surface area contributed by atoms with E-state index in [0.717, 1.165) is 5.82 Å². The summed E-state index contributed by atoms with van der Waals surface area (Å²) in [6.07, 6.45) is -0.759. The van der Waals surface area contributed by atoms with Crippen molar-refractivity contribution in [3.05, 3.63) is 11.6 Å². The fraction of sp³-hybridized carbons (Fsp3) is 0.714. The van der Waals surface area contributed by atoms with E-state index in [9.17, 15) is 0 Å². The molecular formula is C7H13N3O2. The average molecular weight is 171 g/mol. The molecule has 0 aliphatic carbocycles. The minimum absolute atomic E-state index is 0.252. The zero-order chi connectivity index (χ0) is 9.14. The molecule has 0 spiro atoms. The van der Waals surface area contributed by atoms with Crippen molar-refractivity contribution in [3.63, 3.8) is 0 Å². The second-order valence-corrected chi connectivity index (χ2v) is 2.72. The van der Waals surface area contributed by atoms with Gasteiger partial charge in [0.05, 0.1) is 19.3 Å². The predicted octanol–water partition coefficient (Wildman–Crippen LogP) is -0.752. The third-order valence-corrected chi connectivity index (χ3v) is 1.56. The minimum Gasteiger partial charge on any atom is -0.394 e. The van der Waals surface area contributed by atoms with E-state index in [2.05, 4.69) is 10.1 Å². The lowest BCUT2D eigenvalue weighted by Gasteiger charge is -2.06. The molecule has 1 heterocycles. The molecule has 2 N–H and O–H groups in total. The zero-order valence-electron chi connectivity index (χ0n) is 7.23. The molecule has 0 aliphatic rings. The van der Waals surface area contributed by atoms with Crippen LogP contribution >= 0.6 is 0 Å². The molecule has 0 saturated carbocycles. The Hall–Kier alpha value is -0.940. The Morgan fingerprint density at radius 3 is 2.58 bits per heavy atom. The van der Waals surface area contributed by atoms with E-state index in [4.69, 9.17) is 10.2 Å². The molecule has 0 amide bonds. The number of nitrogens with zero attached hydrogens (tertiary/aromatic N) is 3. The van der Waals surface area contributed by atoms with Gasteiger partial charge < -0.3 is 10.2 Å². The van der Waals surface area contributed by atoms with E-state index in [1.165, 1.54) is 0 Å². The van der Waals surface area contributed by atoms with Gasteiger partial charge >= 0.3 is 0 Å². The summed E-state index contributed by atoms with van der Waals surface area (Å²) in [4.78, 5) is 4.06. The summed E-state index contributed by atoms with van der Waals surface area (Å²) in [6, 6.07) is 0. The molecule has 0 bridgehead atoms. The van der Waals surface area contributed by atoms with E-state index >= 15 is 0 Å². The summed E-state index contributed by atoms with van der Waals surface area (Å²) in [5.41, 5.74) is 0. The summed E-state index contributed by atoms with van der Waals surface area (Å²) in [5, 5.41) is 21.7. The number of aliphatic hydroxyl groups is 2. The average Bonchev–Trinajstić information content (AvgIpc) is 2.30. The van der Waals surface area contributed by atoms with Crippen LogP contribution in [0.1, 0.15) is 11.6 Å². The molecule has 0 radical (unpaired) electrons. The minimum atomic E-state index is -0.759. The van der Waals surface area contributed by atoms with Gasteiger partial charge in [0.25, 0.3) is 0 Å². The molecule has 0 saturated heterocycles. The van der Waals surface area contributed by atoms with Gasteiger partial charge in [0.1, 0.15) is 11.6 Å². The van der Waals surface area contributed by atoms with Gasteiger partial charge in [-0.05, 0) is 13.8 Å². The molecule has 0 aromatic carbocycles. The molecule has 0 fully saturated rings. The molecule has 68 valence electrons. The van der Waals surface area contributed by atoms with Gasteiger partial charge in [0.15, 0.2) is 0 Å². The van der Waals surface area contributed by atoms with Crippen molar-refractivity contribution in [2.75, 3.05) is 6.61 Å². The first-order valence-electron chi connectivity index (χ1n) is 3.80. The fourth-order valence-electron chi connectivity index (χ4n) is 0.992. The summed E-state index contributed by atoms with van der Waals surface area (Å²) in [6.45, 7) is 3.64. The largest absolute Gasteiger partial charge is 0.394 e. The van der Waals surface area contributed by atoms with Crippen molar-refractivity contribution >= 4 is 0 Å². The lowest BCUT2D eigenvalue weighted by molar-refractivity contribution is 0.0775. The highest BCUT2D eigenvalue weighted by molar-refractivity contribution is 4.87.